The summed E-state index contributed by atoms with van der Waals surface area (Å²) in [5.41, 5.74) is 2.31. The summed E-state index contributed by atoms with van der Waals surface area (Å²) in [6.45, 7) is 8.37. The van der Waals surface area contributed by atoms with E-state index in [2.05, 4.69) is 46.0 Å². The van der Waals surface area contributed by atoms with Gasteiger partial charge in [0, 0.05) is 44.5 Å². The summed E-state index contributed by atoms with van der Waals surface area (Å²) in [5, 5.41) is 3.19. The molecular weight excluding hydrogens is 226 g/mol. The highest BCUT2D eigenvalue weighted by Crippen LogP contribution is 2.21. The second kappa shape index (κ2) is 5.52. The molecule has 0 aromatic carbocycles. The van der Waals surface area contributed by atoms with Crippen LogP contribution in [0.5, 0.6) is 0 Å². The second-order valence-corrected chi connectivity index (χ2v) is 4.83. The first-order valence-electron chi connectivity index (χ1n) is 6.64. The highest BCUT2D eigenvalue weighted by Gasteiger charge is 2.18. The van der Waals surface area contributed by atoms with Crippen LogP contribution in [0.2, 0.25) is 0 Å². The van der Waals surface area contributed by atoms with E-state index in [4.69, 9.17) is 0 Å². The third-order valence-electron chi connectivity index (χ3n) is 3.58. The molecule has 2 rings (SSSR count). The van der Waals surface area contributed by atoms with Crippen molar-refractivity contribution in [3.63, 3.8) is 0 Å². The lowest BCUT2D eigenvalue weighted by Crippen LogP contribution is -2.45. The maximum atomic E-state index is 4.66. The first kappa shape index (κ1) is 13.1. The normalized spacial score (nSPS) is 17.0. The smallest absolute Gasteiger partial charge is 0.227 e. The van der Waals surface area contributed by atoms with Crippen molar-refractivity contribution in [3.05, 3.63) is 11.3 Å². The van der Waals surface area contributed by atoms with Crippen LogP contribution in [0.25, 0.3) is 0 Å². The zero-order valence-electron chi connectivity index (χ0n) is 11.8. The SMILES string of the molecule is CCc1c(C)nc(N2CCN(C)CC2)nc1NC. The highest BCUT2D eigenvalue weighted by atomic mass is 15.3. The van der Waals surface area contributed by atoms with E-state index in [-0.39, 0.29) is 0 Å². The molecule has 5 heteroatoms. The van der Waals surface area contributed by atoms with Gasteiger partial charge in [0.2, 0.25) is 5.95 Å². The quantitative estimate of drug-likeness (QED) is 0.870. The van der Waals surface area contributed by atoms with Crippen molar-refractivity contribution in [3.8, 4) is 0 Å². The molecule has 0 unspecified atom stereocenters. The van der Waals surface area contributed by atoms with E-state index in [1.54, 1.807) is 0 Å². The molecule has 1 aliphatic heterocycles. The van der Waals surface area contributed by atoms with E-state index in [1.165, 1.54) is 5.56 Å². The first-order valence-corrected chi connectivity index (χ1v) is 6.64. The third-order valence-corrected chi connectivity index (χ3v) is 3.58. The number of hydrogen-bond donors (Lipinski definition) is 1. The molecule has 1 saturated heterocycles. The monoisotopic (exact) mass is 249 g/mol. The summed E-state index contributed by atoms with van der Waals surface area (Å²) in [4.78, 5) is 13.9. The second-order valence-electron chi connectivity index (χ2n) is 4.83. The van der Waals surface area contributed by atoms with E-state index < -0.39 is 0 Å². The highest BCUT2D eigenvalue weighted by molar-refractivity contribution is 5.51. The Balaban J connectivity index is 2.26. The summed E-state index contributed by atoms with van der Waals surface area (Å²) in [5.74, 6) is 1.83. The molecule has 0 radical (unpaired) electrons. The number of aryl methyl sites for hydroxylation is 1. The summed E-state index contributed by atoms with van der Waals surface area (Å²) in [7, 11) is 4.08. The maximum Gasteiger partial charge on any atom is 0.227 e. The summed E-state index contributed by atoms with van der Waals surface area (Å²) < 4.78 is 0. The topological polar surface area (TPSA) is 44.3 Å². The molecule has 1 N–H and O–H groups in total. The minimum Gasteiger partial charge on any atom is -0.373 e. The van der Waals surface area contributed by atoms with Gasteiger partial charge in [-0.2, -0.15) is 4.98 Å². The van der Waals surface area contributed by atoms with Gasteiger partial charge in [0.25, 0.3) is 0 Å². The van der Waals surface area contributed by atoms with Crippen LogP contribution in [0.1, 0.15) is 18.2 Å². The third kappa shape index (κ3) is 2.56. The van der Waals surface area contributed by atoms with Crippen LogP contribution in [0, 0.1) is 6.92 Å². The van der Waals surface area contributed by atoms with Crippen molar-refractivity contribution in [2.24, 2.45) is 0 Å². The van der Waals surface area contributed by atoms with Crippen LogP contribution in [-0.4, -0.2) is 55.1 Å². The van der Waals surface area contributed by atoms with Gasteiger partial charge in [0.1, 0.15) is 5.82 Å². The van der Waals surface area contributed by atoms with Gasteiger partial charge in [-0.05, 0) is 20.4 Å². The molecule has 2 heterocycles. The fourth-order valence-corrected chi connectivity index (χ4v) is 2.36. The van der Waals surface area contributed by atoms with Gasteiger partial charge in [-0.15, -0.1) is 0 Å². The number of nitrogens with one attached hydrogen (secondary N) is 1. The Kier molecular flexibility index (Phi) is 4.01. The van der Waals surface area contributed by atoms with Crippen LogP contribution in [0.3, 0.4) is 0 Å². The lowest BCUT2D eigenvalue weighted by Gasteiger charge is -2.32. The molecule has 1 aliphatic rings. The molecule has 1 aromatic heterocycles. The average molecular weight is 249 g/mol. The van der Waals surface area contributed by atoms with Gasteiger partial charge in [0.05, 0.1) is 0 Å². The van der Waals surface area contributed by atoms with Crippen LogP contribution in [0.15, 0.2) is 0 Å². The van der Waals surface area contributed by atoms with E-state index in [9.17, 15) is 0 Å². The Bertz CT molecular complexity index is 410. The van der Waals surface area contributed by atoms with Gasteiger partial charge < -0.3 is 15.1 Å². The molecule has 1 fully saturated rings. The standard InChI is InChI=1S/C13H23N5/c1-5-11-10(2)15-13(16-12(11)14-3)18-8-6-17(4)7-9-18/h5-9H2,1-4H3,(H,14,15,16). The van der Waals surface area contributed by atoms with Gasteiger partial charge >= 0.3 is 0 Å². The minimum absolute atomic E-state index is 0.863. The maximum absolute atomic E-state index is 4.66. The van der Waals surface area contributed by atoms with Crippen molar-refractivity contribution >= 4 is 11.8 Å². The Morgan fingerprint density at radius 3 is 2.39 bits per heavy atom. The zero-order chi connectivity index (χ0) is 13.1. The Morgan fingerprint density at radius 2 is 1.83 bits per heavy atom. The fourth-order valence-electron chi connectivity index (χ4n) is 2.36. The molecule has 0 amide bonds. The molecule has 100 valence electrons. The summed E-state index contributed by atoms with van der Waals surface area (Å²) in [6.07, 6.45) is 0.963. The average Bonchev–Trinajstić information content (AvgIpc) is 2.38. The van der Waals surface area contributed by atoms with Crippen molar-refractivity contribution in [2.75, 3.05) is 50.5 Å². The minimum atomic E-state index is 0.863. The number of rotatable bonds is 3. The molecular formula is C13H23N5. The van der Waals surface area contributed by atoms with Crippen molar-refractivity contribution < 1.29 is 0 Å². The number of piperazine rings is 1. The van der Waals surface area contributed by atoms with Gasteiger partial charge in [-0.3, -0.25) is 0 Å². The molecule has 0 atom stereocenters. The molecule has 1 aromatic rings. The Labute approximate surface area is 109 Å². The number of aromatic nitrogens is 2. The predicted molar refractivity (Wildman–Crippen MR) is 75.4 cm³/mol. The van der Waals surface area contributed by atoms with Crippen LogP contribution in [-0.2, 0) is 6.42 Å². The van der Waals surface area contributed by atoms with Crippen LogP contribution >= 0.6 is 0 Å². The van der Waals surface area contributed by atoms with Crippen LogP contribution in [0.4, 0.5) is 11.8 Å². The molecule has 0 spiro atoms. The van der Waals surface area contributed by atoms with E-state index in [0.717, 1.165) is 50.1 Å². The Hall–Kier alpha value is -1.36. The molecule has 5 nitrogen and oxygen atoms in total. The van der Waals surface area contributed by atoms with E-state index >= 15 is 0 Å². The Morgan fingerprint density at radius 1 is 1.17 bits per heavy atom. The molecule has 0 saturated carbocycles. The number of nitrogens with zero attached hydrogens (tertiary/aromatic N) is 4. The number of hydrogen-bond acceptors (Lipinski definition) is 5. The number of anilines is 2. The van der Waals surface area contributed by atoms with E-state index in [1.807, 2.05) is 7.05 Å². The van der Waals surface area contributed by atoms with Gasteiger partial charge in [-0.25, -0.2) is 4.98 Å². The molecule has 0 bridgehead atoms. The number of likely N-dealkylation sites (N-methyl/N-ethyl adjacent to an activating group) is 1. The molecule has 0 aliphatic carbocycles. The molecule has 18 heavy (non-hydrogen) atoms. The van der Waals surface area contributed by atoms with Crippen molar-refractivity contribution in [2.45, 2.75) is 20.3 Å². The zero-order valence-corrected chi connectivity index (χ0v) is 11.8. The lowest BCUT2D eigenvalue weighted by atomic mass is 10.1. The fraction of sp³-hybridized carbons (Fsp3) is 0.692. The van der Waals surface area contributed by atoms with Crippen molar-refractivity contribution in [1.82, 2.24) is 14.9 Å². The van der Waals surface area contributed by atoms with E-state index in [0.29, 0.717) is 0 Å². The largest absolute Gasteiger partial charge is 0.373 e. The van der Waals surface area contributed by atoms with Gasteiger partial charge in [-0.1, -0.05) is 6.92 Å². The first-order chi connectivity index (χ1) is 8.65. The van der Waals surface area contributed by atoms with Gasteiger partial charge in [0.15, 0.2) is 0 Å². The predicted octanol–water partition coefficient (Wildman–Crippen LogP) is 1.14. The summed E-state index contributed by atoms with van der Waals surface area (Å²) in [6, 6.07) is 0. The van der Waals surface area contributed by atoms with Crippen LogP contribution < -0.4 is 10.2 Å². The van der Waals surface area contributed by atoms with Crippen molar-refractivity contribution in [1.29, 1.82) is 0 Å². The lowest BCUT2D eigenvalue weighted by molar-refractivity contribution is 0.311. The summed E-state index contributed by atoms with van der Waals surface area (Å²) >= 11 is 0.